The van der Waals surface area contributed by atoms with Gasteiger partial charge in [0, 0.05) is 0 Å². The van der Waals surface area contributed by atoms with E-state index >= 15 is 0 Å². The first-order valence-electron chi connectivity index (χ1n) is 9.20. The van der Waals surface area contributed by atoms with E-state index in [9.17, 15) is 0 Å². The number of benzene rings is 3. The number of nitrogens with zero attached hydrogens (tertiary/aromatic N) is 1. The average Bonchev–Trinajstić information content (AvgIpc) is 2.88. The minimum Gasteiger partial charge on any atom is -0.399 e. The van der Waals surface area contributed by atoms with Crippen LogP contribution in [-0.4, -0.2) is 18.3 Å². The van der Waals surface area contributed by atoms with Crippen LogP contribution in [0.25, 0.3) is 21.9 Å². The normalized spacial score (nSPS) is 17.8. The fraction of sp³-hybridized carbons (Fsp3) is 0.261. The minimum absolute atomic E-state index is 0.370. The van der Waals surface area contributed by atoms with Gasteiger partial charge in [0.2, 0.25) is 0 Å². The van der Waals surface area contributed by atoms with Gasteiger partial charge in [-0.3, -0.25) is 0 Å². The lowest BCUT2D eigenvalue weighted by Gasteiger charge is -2.32. The molecule has 4 rings (SSSR count). The van der Waals surface area contributed by atoms with Crippen molar-refractivity contribution >= 4 is 23.4 Å². The molecule has 0 saturated carbocycles. The second-order valence-corrected chi connectivity index (χ2v) is 8.03. The number of fused-ring (bicyclic) bond motifs is 1. The van der Waals surface area contributed by atoms with Crippen LogP contribution in [0.2, 0.25) is 0 Å². The monoisotopic (exact) mass is 355 g/mol. The van der Waals surface area contributed by atoms with Crippen LogP contribution in [-0.2, 0) is 9.31 Å². The summed E-state index contributed by atoms with van der Waals surface area (Å²) in [5.41, 5.74) is 3.19. The van der Waals surface area contributed by atoms with Crippen LogP contribution in [0.15, 0.2) is 60.7 Å². The zero-order valence-corrected chi connectivity index (χ0v) is 16.1. The number of nitriles is 1. The van der Waals surface area contributed by atoms with Crippen LogP contribution in [0.3, 0.4) is 0 Å². The lowest BCUT2D eigenvalue weighted by atomic mass is 9.75. The van der Waals surface area contributed by atoms with Crippen LogP contribution in [0.1, 0.15) is 33.3 Å². The van der Waals surface area contributed by atoms with Crippen molar-refractivity contribution in [1.29, 1.82) is 5.26 Å². The topological polar surface area (TPSA) is 42.2 Å². The zero-order valence-electron chi connectivity index (χ0n) is 16.1. The summed E-state index contributed by atoms with van der Waals surface area (Å²) in [4.78, 5) is 0. The van der Waals surface area contributed by atoms with Gasteiger partial charge in [-0.1, -0.05) is 48.5 Å². The van der Waals surface area contributed by atoms with Crippen molar-refractivity contribution < 1.29 is 9.31 Å². The Labute approximate surface area is 160 Å². The van der Waals surface area contributed by atoms with Gasteiger partial charge in [-0.25, -0.2) is 0 Å². The lowest BCUT2D eigenvalue weighted by molar-refractivity contribution is 0.00578. The van der Waals surface area contributed by atoms with Crippen LogP contribution in [0, 0.1) is 11.3 Å². The van der Waals surface area contributed by atoms with Crippen molar-refractivity contribution in [3.63, 3.8) is 0 Å². The second kappa shape index (κ2) is 6.23. The van der Waals surface area contributed by atoms with E-state index in [0.29, 0.717) is 5.56 Å². The Morgan fingerprint density at radius 1 is 0.778 bits per heavy atom. The summed E-state index contributed by atoms with van der Waals surface area (Å²) in [6.45, 7) is 8.28. The van der Waals surface area contributed by atoms with Crippen molar-refractivity contribution in [2.45, 2.75) is 38.9 Å². The highest BCUT2D eigenvalue weighted by Gasteiger charge is 2.52. The summed E-state index contributed by atoms with van der Waals surface area (Å²) in [7, 11) is -0.394. The molecule has 3 aromatic carbocycles. The quantitative estimate of drug-likeness (QED) is 0.627. The molecule has 0 N–H and O–H groups in total. The van der Waals surface area contributed by atoms with Crippen molar-refractivity contribution in [2.24, 2.45) is 0 Å². The van der Waals surface area contributed by atoms with Crippen molar-refractivity contribution in [2.75, 3.05) is 0 Å². The standard InChI is InChI=1S/C23H22BNO2/c1-22(2)23(3,4)27-24(26-22)21-14-13-18(19-7-5-6-8-20(19)21)17-11-9-16(15-25)10-12-17/h5-14H,1-4H3. The molecule has 0 atom stereocenters. The average molecular weight is 355 g/mol. The largest absolute Gasteiger partial charge is 0.495 e. The fourth-order valence-electron chi connectivity index (χ4n) is 3.47. The Balaban J connectivity index is 1.83. The summed E-state index contributed by atoms with van der Waals surface area (Å²) in [5, 5.41) is 11.3. The Bertz CT molecular complexity index is 1030. The van der Waals surface area contributed by atoms with Gasteiger partial charge in [0.25, 0.3) is 0 Å². The summed E-state index contributed by atoms with van der Waals surface area (Å²) >= 11 is 0. The zero-order chi connectivity index (χ0) is 19.2. The first-order chi connectivity index (χ1) is 12.8. The van der Waals surface area contributed by atoms with Crippen molar-refractivity contribution in [1.82, 2.24) is 0 Å². The summed E-state index contributed by atoms with van der Waals surface area (Å²) in [6, 6.07) is 22.4. The fourth-order valence-corrected chi connectivity index (χ4v) is 3.47. The number of hydrogen-bond acceptors (Lipinski definition) is 3. The van der Waals surface area contributed by atoms with Gasteiger partial charge in [0.15, 0.2) is 0 Å². The lowest BCUT2D eigenvalue weighted by Crippen LogP contribution is -2.41. The molecule has 0 aliphatic carbocycles. The summed E-state index contributed by atoms with van der Waals surface area (Å²) in [5.74, 6) is 0. The molecule has 27 heavy (non-hydrogen) atoms. The molecular weight excluding hydrogens is 333 g/mol. The number of rotatable bonds is 2. The van der Waals surface area contributed by atoms with Gasteiger partial charge in [0.05, 0.1) is 22.8 Å². The van der Waals surface area contributed by atoms with Crippen molar-refractivity contribution in [3.8, 4) is 17.2 Å². The molecule has 0 unspecified atom stereocenters. The van der Waals surface area contributed by atoms with E-state index in [1.807, 2.05) is 36.4 Å². The second-order valence-electron chi connectivity index (χ2n) is 8.03. The molecule has 3 nitrogen and oxygen atoms in total. The van der Waals surface area contributed by atoms with Gasteiger partial charge in [-0.2, -0.15) is 5.26 Å². The SMILES string of the molecule is CC1(C)OB(c2ccc(-c3ccc(C#N)cc3)c3ccccc23)OC1(C)C. The molecule has 1 aliphatic heterocycles. The highest BCUT2D eigenvalue weighted by atomic mass is 16.7. The third-order valence-electron chi connectivity index (χ3n) is 5.79. The Morgan fingerprint density at radius 2 is 1.37 bits per heavy atom. The molecule has 1 saturated heterocycles. The predicted molar refractivity (Wildman–Crippen MR) is 110 cm³/mol. The third kappa shape index (κ3) is 2.94. The number of hydrogen-bond donors (Lipinski definition) is 0. The molecule has 1 fully saturated rings. The maximum Gasteiger partial charge on any atom is 0.495 e. The van der Waals surface area contributed by atoms with Crippen molar-refractivity contribution in [3.05, 3.63) is 66.2 Å². The van der Waals surface area contributed by atoms with E-state index < -0.39 is 7.12 Å². The molecule has 1 heterocycles. The molecule has 0 aromatic heterocycles. The molecule has 0 amide bonds. The molecule has 1 aliphatic rings. The maximum atomic E-state index is 9.04. The van der Waals surface area contributed by atoms with E-state index in [4.69, 9.17) is 14.6 Å². The van der Waals surface area contributed by atoms with E-state index in [0.717, 1.165) is 27.4 Å². The van der Waals surface area contributed by atoms with Crippen LogP contribution in [0.5, 0.6) is 0 Å². The molecular formula is C23H22BNO2. The highest BCUT2D eigenvalue weighted by molar-refractivity contribution is 6.65. The maximum absolute atomic E-state index is 9.04. The van der Waals surface area contributed by atoms with Crippen LogP contribution in [0.4, 0.5) is 0 Å². The van der Waals surface area contributed by atoms with Gasteiger partial charge in [-0.15, -0.1) is 0 Å². The van der Waals surface area contributed by atoms with E-state index in [1.54, 1.807) is 0 Å². The molecule has 0 spiro atoms. The molecule has 0 bridgehead atoms. The first kappa shape index (κ1) is 17.8. The molecule has 0 radical (unpaired) electrons. The Morgan fingerprint density at radius 3 is 1.96 bits per heavy atom. The van der Waals surface area contributed by atoms with E-state index in [2.05, 4.69) is 58.0 Å². The van der Waals surface area contributed by atoms with Gasteiger partial charge >= 0.3 is 7.12 Å². The third-order valence-corrected chi connectivity index (χ3v) is 5.79. The summed E-state index contributed by atoms with van der Waals surface area (Å²) in [6.07, 6.45) is 0. The van der Waals surface area contributed by atoms with Gasteiger partial charge in [0.1, 0.15) is 0 Å². The van der Waals surface area contributed by atoms with Gasteiger partial charge in [-0.05, 0) is 67.2 Å². The van der Waals surface area contributed by atoms with Crippen LogP contribution < -0.4 is 5.46 Å². The van der Waals surface area contributed by atoms with Crippen LogP contribution >= 0.6 is 0 Å². The van der Waals surface area contributed by atoms with E-state index in [-0.39, 0.29) is 11.2 Å². The van der Waals surface area contributed by atoms with E-state index in [1.165, 1.54) is 0 Å². The molecule has 134 valence electrons. The predicted octanol–water partition coefficient (Wildman–Crippen LogP) is 4.68. The highest BCUT2D eigenvalue weighted by Crippen LogP contribution is 2.37. The smallest absolute Gasteiger partial charge is 0.399 e. The Hall–Kier alpha value is -2.61. The van der Waals surface area contributed by atoms with Gasteiger partial charge < -0.3 is 9.31 Å². The molecule has 4 heteroatoms. The molecule has 3 aromatic rings. The Kier molecular flexibility index (Phi) is 4.11. The summed E-state index contributed by atoms with van der Waals surface area (Å²) < 4.78 is 12.6. The first-order valence-corrected chi connectivity index (χ1v) is 9.20. The minimum atomic E-state index is -0.394.